The smallest absolute Gasteiger partial charge is 0.147 e. The summed E-state index contributed by atoms with van der Waals surface area (Å²) in [5, 5.41) is 2.37. The van der Waals surface area contributed by atoms with Gasteiger partial charge in [0.25, 0.3) is 0 Å². The molecule has 0 saturated carbocycles. The van der Waals surface area contributed by atoms with E-state index >= 15 is 0 Å². The molecule has 148 valence electrons. The number of rotatable bonds is 4. The highest BCUT2D eigenvalue weighted by Crippen LogP contribution is 2.38. The maximum Gasteiger partial charge on any atom is 0.147 e. The standard InChI is InChI=1S/C27H25N3/c1-4-29(22-15-13-19(2)14-16-22)27-25(23-11-7-5-9-20(23)3)28-26-24-12-8-6-10-21(24)17-18-30(26)27/h5-18H,4H2,1-3H3. The molecule has 3 aromatic carbocycles. The first-order valence-electron chi connectivity index (χ1n) is 10.5. The Bertz CT molecular complexity index is 1350. The maximum absolute atomic E-state index is 5.21. The van der Waals surface area contributed by atoms with Gasteiger partial charge in [-0.2, -0.15) is 0 Å². The third kappa shape index (κ3) is 2.94. The average Bonchev–Trinajstić information content (AvgIpc) is 3.15. The second kappa shape index (κ2) is 7.34. The fraction of sp³-hybridized carbons (Fsp3) is 0.148. The van der Waals surface area contributed by atoms with Crippen molar-refractivity contribution in [1.29, 1.82) is 0 Å². The zero-order chi connectivity index (χ0) is 20.7. The number of fused-ring (bicyclic) bond motifs is 3. The summed E-state index contributed by atoms with van der Waals surface area (Å²) >= 11 is 0. The molecule has 3 nitrogen and oxygen atoms in total. The van der Waals surface area contributed by atoms with Gasteiger partial charge in [0.1, 0.15) is 17.2 Å². The summed E-state index contributed by atoms with van der Waals surface area (Å²) < 4.78 is 2.24. The highest BCUT2D eigenvalue weighted by atomic mass is 15.3. The molecule has 5 aromatic rings. The van der Waals surface area contributed by atoms with E-state index in [0.29, 0.717) is 0 Å². The fourth-order valence-electron chi connectivity index (χ4n) is 4.21. The highest BCUT2D eigenvalue weighted by molar-refractivity contribution is 5.97. The zero-order valence-electron chi connectivity index (χ0n) is 17.6. The number of aromatic nitrogens is 2. The molecular weight excluding hydrogens is 366 g/mol. The Kier molecular flexibility index (Phi) is 4.51. The largest absolute Gasteiger partial charge is 0.326 e. The van der Waals surface area contributed by atoms with Crippen molar-refractivity contribution >= 4 is 27.9 Å². The summed E-state index contributed by atoms with van der Waals surface area (Å²) in [5.41, 5.74) is 6.85. The summed E-state index contributed by atoms with van der Waals surface area (Å²) in [5.74, 6) is 1.11. The van der Waals surface area contributed by atoms with Crippen molar-refractivity contribution in [1.82, 2.24) is 9.38 Å². The fourth-order valence-corrected chi connectivity index (χ4v) is 4.21. The van der Waals surface area contributed by atoms with E-state index in [9.17, 15) is 0 Å². The molecule has 30 heavy (non-hydrogen) atoms. The van der Waals surface area contributed by atoms with Crippen molar-refractivity contribution in [3.8, 4) is 11.3 Å². The van der Waals surface area contributed by atoms with Crippen LogP contribution in [0.4, 0.5) is 11.5 Å². The molecule has 0 aliphatic carbocycles. The van der Waals surface area contributed by atoms with Crippen LogP contribution in [0.3, 0.4) is 0 Å². The first-order chi connectivity index (χ1) is 14.7. The number of hydrogen-bond donors (Lipinski definition) is 0. The van der Waals surface area contributed by atoms with Gasteiger partial charge in [0.15, 0.2) is 0 Å². The van der Waals surface area contributed by atoms with E-state index in [1.165, 1.54) is 33.2 Å². The van der Waals surface area contributed by atoms with E-state index < -0.39 is 0 Å². The second-order valence-corrected chi connectivity index (χ2v) is 7.78. The van der Waals surface area contributed by atoms with Crippen molar-refractivity contribution < 1.29 is 0 Å². The summed E-state index contributed by atoms with van der Waals surface area (Å²) in [6.07, 6.45) is 2.15. The van der Waals surface area contributed by atoms with Crippen molar-refractivity contribution in [3.05, 3.63) is 96.2 Å². The molecule has 2 heterocycles. The van der Waals surface area contributed by atoms with Gasteiger partial charge in [-0.25, -0.2) is 4.98 Å². The van der Waals surface area contributed by atoms with Crippen LogP contribution < -0.4 is 4.90 Å². The molecular formula is C27H25N3. The lowest BCUT2D eigenvalue weighted by molar-refractivity contribution is 0.976. The molecule has 0 aliphatic heterocycles. The molecule has 2 aromatic heterocycles. The van der Waals surface area contributed by atoms with Crippen molar-refractivity contribution in [2.45, 2.75) is 20.8 Å². The predicted octanol–water partition coefficient (Wildman–Crippen LogP) is 6.93. The van der Waals surface area contributed by atoms with Crippen LogP contribution in [0.15, 0.2) is 85.1 Å². The lowest BCUT2D eigenvalue weighted by atomic mass is 10.1. The first kappa shape index (κ1) is 18.4. The Morgan fingerprint density at radius 1 is 0.833 bits per heavy atom. The summed E-state index contributed by atoms with van der Waals surface area (Å²) in [4.78, 5) is 7.56. The SMILES string of the molecule is CCN(c1ccc(C)cc1)c1c(-c2ccccc2C)nc2c3ccccc3ccn12. The molecule has 3 heteroatoms. The number of nitrogens with zero attached hydrogens (tertiary/aromatic N) is 3. The number of imidazole rings is 1. The monoisotopic (exact) mass is 391 g/mol. The molecule has 5 rings (SSSR count). The zero-order valence-corrected chi connectivity index (χ0v) is 17.6. The quantitative estimate of drug-likeness (QED) is 0.331. The number of hydrogen-bond acceptors (Lipinski definition) is 2. The Morgan fingerprint density at radius 2 is 1.57 bits per heavy atom. The Hall–Kier alpha value is -3.59. The number of aryl methyl sites for hydroxylation is 2. The molecule has 0 amide bonds. The van der Waals surface area contributed by atoms with Gasteiger partial charge in [-0.15, -0.1) is 0 Å². The van der Waals surface area contributed by atoms with Crippen LogP contribution in [0.25, 0.3) is 27.7 Å². The molecule has 0 spiro atoms. The van der Waals surface area contributed by atoms with Crippen LogP contribution in [0.5, 0.6) is 0 Å². The lowest BCUT2D eigenvalue weighted by Gasteiger charge is -2.24. The molecule has 0 aliphatic rings. The minimum absolute atomic E-state index is 0.850. The van der Waals surface area contributed by atoms with E-state index in [-0.39, 0.29) is 0 Å². The number of anilines is 2. The molecule has 0 bridgehead atoms. The van der Waals surface area contributed by atoms with Gasteiger partial charge in [-0.05, 0) is 49.9 Å². The van der Waals surface area contributed by atoms with Crippen LogP contribution in [-0.2, 0) is 0 Å². The van der Waals surface area contributed by atoms with Gasteiger partial charge in [-0.3, -0.25) is 4.40 Å². The van der Waals surface area contributed by atoms with Crippen LogP contribution in [0.2, 0.25) is 0 Å². The molecule has 0 saturated heterocycles. The second-order valence-electron chi connectivity index (χ2n) is 7.78. The molecule has 0 fully saturated rings. The third-order valence-electron chi connectivity index (χ3n) is 5.81. The Morgan fingerprint density at radius 3 is 2.33 bits per heavy atom. The van der Waals surface area contributed by atoms with Crippen LogP contribution in [-0.4, -0.2) is 15.9 Å². The number of pyridine rings is 1. The molecule has 0 radical (unpaired) electrons. The molecule has 0 unspecified atom stereocenters. The highest BCUT2D eigenvalue weighted by Gasteiger charge is 2.22. The molecule has 0 N–H and O–H groups in total. The molecule has 0 atom stereocenters. The minimum Gasteiger partial charge on any atom is -0.326 e. The van der Waals surface area contributed by atoms with Crippen molar-refractivity contribution in [2.75, 3.05) is 11.4 Å². The Labute approximate surface area is 177 Å². The predicted molar refractivity (Wildman–Crippen MR) is 127 cm³/mol. The minimum atomic E-state index is 0.850. The van der Waals surface area contributed by atoms with Gasteiger partial charge in [0.05, 0.1) is 0 Å². The normalized spacial score (nSPS) is 11.3. The van der Waals surface area contributed by atoms with Crippen LogP contribution in [0.1, 0.15) is 18.1 Å². The van der Waals surface area contributed by atoms with E-state index in [4.69, 9.17) is 4.98 Å². The Balaban J connectivity index is 1.86. The maximum atomic E-state index is 5.21. The van der Waals surface area contributed by atoms with Crippen molar-refractivity contribution in [3.63, 3.8) is 0 Å². The van der Waals surface area contributed by atoms with Gasteiger partial charge in [-0.1, -0.05) is 66.2 Å². The lowest BCUT2D eigenvalue weighted by Crippen LogP contribution is -2.18. The van der Waals surface area contributed by atoms with Gasteiger partial charge in [0, 0.05) is 29.4 Å². The van der Waals surface area contributed by atoms with Crippen LogP contribution >= 0.6 is 0 Å². The summed E-state index contributed by atoms with van der Waals surface area (Å²) in [6.45, 7) is 7.33. The summed E-state index contributed by atoms with van der Waals surface area (Å²) in [6, 6.07) is 27.9. The van der Waals surface area contributed by atoms with E-state index in [2.05, 4.69) is 115 Å². The van der Waals surface area contributed by atoms with E-state index in [1.54, 1.807) is 0 Å². The van der Waals surface area contributed by atoms with Crippen LogP contribution in [0, 0.1) is 13.8 Å². The van der Waals surface area contributed by atoms with E-state index in [1.807, 2.05) is 0 Å². The average molecular weight is 392 g/mol. The van der Waals surface area contributed by atoms with E-state index in [0.717, 1.165) is 23.7 Å². The van der Waals surface area contributed by atoms with Crippen molar-refractivity contribution in [2.24, 2.45) is 0 Å². The number of benzene rings is 3. The van der Waals surface area contributed by atoms with Gasteiger partial charge >= 0.3 is 0 Å². The van der Waals surface area contributed by atoms with Gasteiger partial charge in [0.2, 0.25) is 0 Å². The first-order valence-corrected chi connectivity index (χ1v) is 10.5. The third-order valence-corrected chi connectivity index (χ3v) is 5.81. The topological polar surface area (TPSA) is 20.5 Å². The summed E-state index contributed by atoms with van der Waals surface area (Å²) in [7, 11) is 0. The van der Waals surface area contributed by atoms with Gasteiger partial charge < -0.3 is 4.90 Å².